The van der Waals surface area contributed by atoms with Gasteiger partial charge < -0.3 is 4.90 Å². The van der Waals surface area contributed by atoms with E-state index in [0.29, 0.717) is 5.65 Å². The van der Waals surface area contributed by atoms with Gasteiger partial charge >= 0.3 is 0 Å². The van der Waals surface area contributed by atoms with Crippen LogP contribution in [0.15, 0.2) is 11.8 Å². The molecule has 6 nitrogen and oxygen atoms in total. The highest BCUT2D eigenvalue weighted by Gasteiger charge is 2.14. The maximum absolute atomic E-state index is 4.39. The van der Waals surface area contributed by atoms with E-state index < -0.39 is 0 Å². The van der Waals surface area contributed by atoms with Crippen LogP contribution < -0.4 is 4.90 Å². The smallest absolute Gasteiger partial charge is 0.186 e. The van der Waals surface area contributed by atoms with Crippen LogP contribution in [0.1, 0.15) is 16.3 Å². The van der Waals surface area contributed by atoms with Crippen LogP contribution in [0.5, 0.6) is 0 Å². The molecule has 3 aromatic heterocycles. The van der Waals surface area contributed by atoms with Crippen LogP contribution in [0.25, 0.3) is 11.0 Å². The lowest BCUT2D eigenvalue weighted by Crippen LogP contribution is -2.18. The Hall–Kier alpha value is -2.02. The Bertz CT molecular complexity index is 716. The zero-order valence-electron chi connectivity index (χ0n) is 11.0. The molecule has 0 radical (unpaired) electrons. The molecule has 0 saturated carbocycles. The molecular formula is C12H14N6S. The number of H-pyrrole nitrogens is 1. The summed E-state index contributed by atoms with van der Waals surface area (Å²) in [5.41, 5.74) is 4.64. The van der Waals surface area contributed by atoms with E-state index in [1.54, 1.807) is 17.7 Å². The van der Waals surface area contributed by atoms with Gasteiger partial charge in [-0.15, -0.1) is 11.3 Å². The van der Waals surface area contributed by atoms with Crippen LogP contribution in [0.3, 0.4) is 0 Å². The van der Waals surface area contributed by atoms with Crippen molar-refractivity contribution in [1.29, 1.82) is 0 Å². The van der Waals surface area contributed by atoms with Crippen LogP contribution in [-0.2, 0) is 6.54 Å². The largest absolute Gasteiger partial charge is 0.354 e. The molecule has 98 valence electrons. The van der Waals surface area contributed by atoms with Crippen molar-refractivity contribution in [2.24, 2.45) is 0 Å². The van der Waals surface area contributed by atoms with E-state index in [1.807, 2.05) is 26.4 Å². The Labute approximate surface area is 114 Å². The average molecular weight is 274 g/mol. The topological polar surface area (TPSA) is 70.6 Å². The van der Waals surface area contributed by atoms with Crippen molar-refractivity contribution in [3.05, 3.63) is 28.1 Å². The van der Waals surface area contributed by atoms with E-state index in [0.717, 1.165) is 29.1 Å². The standard InChI is InChI=1S/C12H14N6S/c1-7-9(19-6-15-7)4-18(3)12-10-8(2)16-17-11(10)13-5-14-12/h5-6H,4H2,1-3H3,(H,13,14,16,17). The second kappa shape index (κ2) is 4.58. The molecule has 0 aliphatic heterocycles. The molecule has 0 saturated heterocycles. The monoisotopic (exact) mass is 274 g/mol. The fourth-order valence-electron chi connectivity index (χ4n) is 2.04. The van der Waals surface area contributed by atoms with Gasteiger partial charge in [0.25, 0.3) is 0 Å². The maximum atomic E-state index is 4.39. The summed E-state index contributed by atoms with van der Waals surface area (Å²) in [4.78, 5) is 16.2. The Morgan fingerprint density at radius 3 is 2.84 bits per heavy atom. The number of hydrogen-bond donors (Lipinski definition) is 1. The Morgan fingerprint density at radius 1 is 1.26 bits per heavy atom. The summed E-state index contributed by atoms with van der Waals surface area (Å²) in [6, 6.07) is 0. The van der Waals surface area contributed by atoms with Crippen molar-refractivity contribution in [3.8, 4) is 0 Å². The van der Waals surface area contributed by atoms with Gasteiger partial charge in [0.2, 0.25) is 0 Å². The van der Waals surface area contributed by atoms with Crippen LogP contribution in [0.2, 0.25) is 0 Å². The molecule has 0 aliphatic rings. The predicted molar refractivity (Wildman–Crippen MR) is 75.4 cm³/mol. The first kappa shape index (κ1) is 12.0. The van der Waals surface area contributed by atoms with Crippen LogP contribution in [0, 0.1) is 13.8 Å². The molecule has 0 bridgehead atoms. The summed E-state index contributed by atoms with van der Waals surface area (Å²) in [5, 5.41) is 8.10. The van der Waals surface area contributed by atoms with Gasteiger partial charge in [-0.3, -0.25) is 5.10 Å². The predicted octanol–water partition coefficient (Wildman–Crippen LogP) is 2.06. The highest BCUT2D eigenvalue weighted by atomic mass is 32.1. The first-order valence-electron chi connectivity index (χ1n) is 5.92. The summed E-state index contributed by atoms with van der Waals surface area (Å²) in [7, 11) is 2.02. The van der Waals surface area contributed by atoms with E-state index in [1.165, 1.54) is 4.88 Å². The molecule has 3 heterocycles. The molecule has 0 unspecified atom stereocenters. The van der Waals surface area contributed by atoms with Gasteiger partial charge in [-0.25, -0.2) is 15.0 Å². The lowest BCUT2D eigenvalue weighted by molar-refractivity contribution is 0.903. The highest BCUT2D eigenvalue weighted by molar-refractivity contribution is 7.09. The number of nitrogens with one attached hydrogen (secondary N) is 1. The van der Waals surface area contributed by atoms with Crippen LogP contribution >= 0.6 is 11.3 Å². The zero-order chi connectivity index (χ0) is 13.4. The summed E-state index contributed by atoms with van der Waals surface area (Å²) in [6.45, 7) is 4.79. The molecule has 3 aromatic rings. The van der Waals surface area contributed by atoms with Crippen molar-refractivity contribution in [2.75, 3.05) is 11.9 Å². The summed E-state index contributed by atoms with van der Waals surface area (Å²) < 4.78 is 0. The van der Waals surface area contributed by atoms with Crippen molar-refractivity contribution < 1.29 is 0 Å². The molecule has 19 heavy (non-hydrogen) atoms. The Kier molecular flexibility index (Phi) is 2.90. The number of aromatic amines is 1. The molecule has 0 aliphatic carbocycles. The van der Waals surface area contributed by atoms with Gasteiger partial charge in [-0.2, -0.15) is 5.10 Å². The molecule has 0 atom stereocenters. The molecule has 0 aromatic carbocycles. The number of thiazole rings is 1. The summed E-state index contributed by atoms with van der Waals surface area (Å²) in [5.74, 6) is 0.893. The number of hydrogen-bond acceptors (Lipinski definition) is 6. The van der Waals surface area contributed by atoms with Gasteiger partial charge in [0.15, 0.2) is 5.65 Å². The molecule has 1 N–H and O–H groups in total. The molecule has 0 amide bonds. The summed E-state index contributed by atoms with van der Waals surface area (Å²) >= 11 is 1.66. The normalized spacial score (nSPS) is 11.1. The molecule has 7 heteroatoms. The van der Waals surface area contributed by atoms with Gasteiger partial charge in [-0.1, -0.05) is 0 Å². The number of aromatic nitrogens is 5. The molecule has 0 spiro atoms. The average Bonchev–Trinajstić information content (AvgIpc) is 2.97. The highest BCUT2D eigenvalue weighted by Crippen LogP contribution is 2.25. The zero-order valence-corrected chi connectivity index (χ0v) is 11.8. The van der Waals surface area contributed by atoms with Crippen molar-refractivity contribution in [1.82, 2.24) is 25.1 Å². The number of nitrogens with zero attached hydrogens (tertiary/aromatic N) is 5. The van der Waals surface area contributed by atoms with E-state index in [2.05, 4.69) is 30.0 Å². The lowest BCUT2D eigenvalue weighted by Gasteiger charge is -2.18. The molecule has 0 fully saturated rings. The Balaban J connectivity index is 2.00. The van der Waals surface area contributed by atoms with Gasteiger partial charge in [0, 0.05) is 17.6 Å². The first-order chi connectivity index (χ1) is 9.16. The minimum atomic E-state index is 0.704. The molecule has 3 rings (SSSR count). The van der Waals surface area contributed by atoms with E-state index in [9.17, 15) is 0 Å². The third-order valence-electron chi connectivity index (χ3n) is 3.10. The molecular weight excluding hydrogens is 260 g/mol. The van der Waals surface area contributed by atoms with Crippen molar-refractivity contribution in [2.45, 2.75) is 20.4 Å². The third-order valence-corrected chi connectivity index (χ3v) is 4.02. The van der Waals surface area contributed by atoms with Gasteiger partial charge in [0.05, 0.1) is 23.1 Å². The minimum absolute atomic E-state index is 0.704. The van der Waals surface area contributed by atoms with Crippen LogP contribution in [0.4, 0.5) is 5.82 Å². The third kappa shape index (κ3) is 2.06. The quantitative estimate of drug-likeness (QED) is 0.791. The van der Waals surface area contributed by atoms with E-state index in [-0.39, 0.29) is 0 Å². The SMILES string of the molecule is Cc1ncsc1CN(C)c1ncnc2n[nH]c(C)c12. The number of anilines is 1. The van der Waals surface area contributed by atoms with Crippen molar-refractivity contribution >= 4 is 28.2 Å². The number of rotatable bonds is 3. The lowest BCUT2D eigenvalue weighted by atomic mass is 10.3. The number of fused-ring (bicyclic) bond motifs is 1. The van der Waals surface area contributed by atoms with Crippen molar-refractivity contribution in [3.63, 3.8) is 0 Å². The Morgan fingerprint density at radius 2 is 2.11 bits per heavy atom. The fourth-order valence-corrected chi connectivity index (χ4v) is 2.87. The van der Waals surface area contributed by atoms with E-state index in [4.69, 9.17) is 0 Å². The second-order valence-electron chi connectivity index (χ2n) is 4.46. The van der Waals surface area contributed by atoms with E-state index >= 15 is 0 Å². The maximum Gasteiger partial charge on any atom is 0.186 e. The fraction of sp³-hybridized carbons (Fsp3) is 0.333. The number of aryl methyl sites for hydroxylation is 2. The van der Waals surface area contributed by atoms with Gasteiger partial charge in [-0.05, 0) is 13.8 Å². The second-order valence-corrected chi connectivity index (χ2v) is 5.40. The van der Waals surface area contributed by atoms with Gasteiger partial charge in [0.1, 0.15) is 12.1 Å². The first-order valence-corrected chi connectivity index (χ1v) is 6.80. The minimum Gasteiger partial charge on any atom is -0.354 e. The van der Waals surface area contributed by atoms with Crippen LogP contribution in [-0.4, -0.2) is 32.2 Å². The summed E-state index contributed by atoms with van der Waals surface area (Å²) in [6.07, 6.45) is 1.55.